The van der Waals surface area contributed by atoms with Gasteiger partial charge in [-0.1, -0.05) is 151 Å². The Morgan fingerprint density at radius 3 is 1.24 bits per heavy atom. The number of rotatable bonds is 6. The van der Waals surface area contributed by atoms with Gasteiger partial charge in [0.15, 0.2) is 0 Å². The van der Waals surface area contributed by atoms with E-state index in [-0.39, 0.29) is 56.9 Å². The van der Waals surface area contributed by atoms with Gasteiger partial charge in [0, 0.05) is 0 Å². The molecule has 0 nitrogen and oxygen atoms in total. The maximum absolute atomic E-state index is 2.47. The summed E-state index contributed by atoms with van der Waals surface area (Å²) in [5.74, 6) is 0. The van der Waals surface area contributed by atoms with Gasteiger partial charge in [0.05, 0.1) is 0 Å². The Morgan fingerprint density at radius 2 is 0.860 bits per heavy atom. The van der Waals surface area contributed by atoms with Crippen molar-refractivity contribution < 1.29 is 25.8 Å². The van der Waals surface area contributed by atoms with Crippen LogP contribution in [0.5, 0.6) is 0 Å². The largest absolute Gasteiger partial charge is 4.00 e. The molecule has 0 saturated carbocycles. The van der Waals surface area contributed by atoms with Crippen molar-refractivity contribution in [3.05, 3.63) is 182 Å². The number of hydrogen-bond acceptors (Lipinski definition) is 0. The molecule has 0 unspecified atom stereocenters. The molecule has 7 aromatic rings. The summed E-state index contributed by atoms with van der Waals surface area (Å²) in [5.41, 5.74) is 12.0. The van der Waals surface area contributed by atoms with Crippen molar-refractivity contribution in [2.75, 3.05) is 0 Å². The van der Waals surface area contributed by atoms with Crippen molar-refractivity contribution in [2.45, 2.75) is 71.1 Å². The summed E-state index contributed by atoms with van der Waals surface area (Å²) in [6, 6.07) is 52.7. The first-order valence-electron chi connectivity index (χ1n) is 17.1. The molecule has 0 heterocycles. The third kappa shape index (κ3) is 7.45. The monoisotopic (exact) mass is 820 g/mol. The zero-order valence-electron chi connectivity index (χ0n) is 31.5. The minimum absolute atomic E-state index is 0. The predicted octanol–water partition coefficient (Wildman–Crippen LogP) is 13.8. The Labute approximate surface area is 321 Å². The second-order valence-electron chi connectivity index (χ2n) is 15.8. The minimum atomic E-state index is -0.222. The number of fused-ring (bicyclic) bond motifs is 2. The second-order valence-corrected chi connectivity index (χ2v) is 15.8. The van der Waals surface area contributed by atoms with Gasteiger partial charge in [-0.2, -0.15) is 12.1 Å². The van der Waals surface area contributed by atoms with Crippen LogP contribution in [0.15, 0.2) is 140 Å². The van der Waals surface area contributed by atoms with Crippen LogP contribution in [-0.2, 0) is 48.5 Å². The second kappa shape index (κ2) is 14.8. The van der Waals surface area contributed by atoms with Crippen LogP contribution in [0.4, 0.5) is 0 Å². The molecule has 0 aromatic heterocycles. The van der Waals surface area contributed by atoms with E-state index in [1.54, 1.807) is 0 Å². The molecule has 0 amide bonds. The van der Waals surface area contributed by atoms with Crippen molar-refractivity contribution in [2.24, 2.45) is 0 Å². The van der Waals surface area contributed by atoms with Crippen LogP contribution >= 0.6 is 0 Å². The minimum Gasteiger partial charge on any atom is -0.358 e. The molecule has 0 aliphatic carbocycles. The summed E-state index contributed by atoms with van der Waals surface area (Å²) < 4.78 is 0. The normalized spacial score (nSPS) is 11.9. The summed E-state index contributed by atoms with van der Waals surface area (Å²) in [6.45, 7) is 16.1. The Hall–Kier alpha value is -3.81. The van der Waals surface area contributed by atoms with Crippen LogP contribution in [0.25, 0.3) is 43.8 Å². The summed E-state index contributed by atoms with van der Waals surface area (Å²) >= 11 is 0. The summed E-state index contributed by atoms with van der Waals surface area (Å²) in [5, 5.41) is 5.24. The van der Waals surface area contributed by atoms with E-state index in [9.17, 15) is 0 Å². The van der Waals surface area contributed by atoms with Gasteiger partial charge in [-0.25, -0.2) is 0 Å². The van der Waals surface area contributed by atoms with Crippen LogP contribution in [0, 0.1) is 14.9 Å². The maximum Gasteiger partial charge on any atom is 4.00 e. The average molecular weight is 819 g/mol. The fraction of sp³-hybridized carbons (Fsp3) is 0.224. The molecule has 0 fully saturated rings. The Morgan fingerprint density at radius 1 is 0.460 bits per heavy atom. The molecule has 0 N–H and O–H groups in total. The van der Waals surface area contributed by atoms with E-state index in [0.717, 1.165) is 6.42 Å². The molecule has 1 heteroatoms. The van der Waals surface area contributed by atoms with Crippen molar-refractivity contribution in [1.82, 2.24) is 0 Å². The maximum atomic E-state index is 2.47. The first kappa shape index (κ1) is 39.0. The van der Waals surface area contributed by atoms with Gasteiger partial charge < -0.3 is 14.9 Å². The van der Waals surface area contributed by atoms with E-state index in [4.69, 9.17) is 0 Å². The topological polar surface area (TPSA) is 0 Å². The molecule has 0 bridgehead atoms. The third-order valence-electron chi connectivity index (χ3n) is 10.3. The Bertz CT molecular complexity index is 2020. The number of hydrogen-bond donors (Lipinski definition) is 0. The van der Waals surface area contributed by atoms with Crippen LogP contribution in [0.1, 0.15) is 76.3 Å². The quantitative estimate of drug-likeness (QED) is 0.116. The van der Waals surface area contributed by atoms with Gasteiger partial charge in [0.2, 0.25) is 0 Å². The first-order chi connectivity index (χ1) is 22.4. The molecular formula is C49H52Hf. The molecule has 0 spiro atoms. The summed E-state index contributed by atoms with van der Waals surface area (Å²) in [7, 11) is 0. The van der Waals surface area contributed by atoms with Gasteiger partial charge in [-0.15, -0.1) is 69.1 Å². The third-order valence-corrected chi connectivity index (χ3v) is 10.3. The molecule has 7 aromatic carbocycles. The molecule has 50 heavy (non-hydrogen) atoms. The van der Waals surface area contributed by atoms with Crippen molar-refractivity contribution in [1.29, 1.82) is 0 Å². The van der Waals surface area contributed by atoms with E-state index in [0.29, 0.717) is 0 Å². The predicted molar refractivity (Wildman–Crippen MR) is 217 cm³/mol. The number of benzene rings is 5. The SMILES string of the molecule is CC(C)(C)c1ccc(-c2cccc3[cH-]c(C(C)(Cc4ccccc4)c4cc5c(-c6ccc(C(C)(C)C)cc6)cccc5[cH-]4)cc23)cc1.[CH3-].[CH3-].[Hf+4]. The van der Waals surface area contributed by atoms with E-state index in [1.807, 2.05) is 0 Å². The average Bonchev–Trinajstić information content (AvgIpc) is 3.70. The van der Waals surface area contributed by atoms with Crippen LogP contribution in [0.3, 0.4) is 0 Å². The molecule has 7 rings (SSSR count). The standard InChI is InChI=1S/C47H46.2CH3.Hf/c1-45(2,3)37-23-19-33(20-24-37)41-17-11-15-35-27-39(29-43(35)41)47(7,31-32-13-9-8-10-14-32)40-28-36-16-12-18-42(44(36)30-40)34-21-25-38(26-22-34)46(4,5)6;;;/h8-30H,31H2,1-7H3;2*1H3;/q-2;2*-1;+4. The summed E-state index contributed by atoms with van der Waals surface area (Å²) in [6.07, 6.45) is 0.922. The first-order valence-corrected chi connectivity index (χ1v) is 17.1. The van der Waals surface area contributed by atoms with Crippen molar-refractivity contribution in [3.63, 3.8) is 0 Å². The molecular weight excluding hydrogens is 767 g/mol. The molecule has 0 aliphatic rings. The van der Waals surface area contributed by atoms with Gasteiger partial charge in [-0.3, -0.25) is 0 Å². The van der Waals surface area contributed by atoms with Gasteiger partial charge in [0.1, 0.15) is 0 Å². The van der Waals surface area contributed by atoms with Crippen LogP contribution in [-0.4, -0.2) is 0 Å². The molecule has 0 saturated heterocycles. The molecule has 0 aliphatic heterocycles. The van der Waals surface area contributed by atoms with Gasteiger partial charge >= 0.3 is 25.8 Å². The van der Waals surface area contributed by atoms with Crippen LogP contribution < -0.4 is 0 Å². The molecule has 252 valence electrons. The summed E-state index contributed by atoms with van der Waals surface area (Å²) in [4.78, 5) is 0. The van der Waals surface area contributed by atoms with Gasteiger partial charge in [0.25, 0.3) is 0 Å². The van der Waals surface area contributed by atoms with E-state index < -0.39 is 0 Å². The Kier molecular flexibility index (Phi) is 11.5. The smallest absolute Gasteiger partial charge is 0.358 e. The van der Waals surface area contributed by atoms with E-state index >= 15 is 0 Å². The van der Waals surface area contributed by atoms with E-state index in [2.05, 4.69) is 188 Å². The van der Waals surface area contributed by atoms with Crippen molar-refractivity contribution >= 4 is 21.5 Å². The van der Waals surface area contributed by atoms with E-state index in [1.165, 1.54) is 71.6 Å². The van der Waals surface area contributed by atoms with Crippen molar-refractivity contribution in [3.8, 4) is 22.3 Å². The zero-order chi connectivity index (χ0) is 33.0. The fourth-order valence-corrected chi connectivity index (χ4v) is 7.28. The van der Waals surface area contributed by atoms with Crippen LogP contribution in [0.2, 0.25) is 0 Å². The molecule has 0 atom stereocenters. The Balaban J connectivity index is 0.00000187. The fourth-order valence-electron chi connectivity index (χ4n) is 7.28. The molecule has 0 radical (unpaired) electrons. The van der Waals surface area contributed by atoms with Gasteiger partial charge in [-0.05, 0) is 50.5 Å². The zero-order valence-corrected chi connectivity index (χ0v) is 35.1.